The normalized spacial score (nSPS) is 17.8. The minimum absolute atomic E-state index is 0.102. The van der Waals surface area contributed by atoms with E-state index < -0.39 is 24.3 Å². The Morgan fingerprint density at radius 2 is 1.48 bits per heavy atom. The van der Waals surface area contributed by atoms with Gasteiger partial charge in [0.25, 0.3) is 0 Å². The number of anilines is 1. The summed E-state index contributed by atoms with van der Waals surface area (Å²) >= 11 is 0. The highest BCUT2D eigenvalue weighted by Gasteiger charge is 2.38. The maximum Gasteiger partial charge on any atom is 0.407 e. The SMILES string of the molecule is COC(=O)NC[C@@H](C)CC(=O)N1CCC[C@H]1C(=O)Nc1ccc2cc(-c3ccc(-c4cnc(C5CCCN5C(=O)[C@@H](NC(=O)OC)C(C)C)[nH]4)cc3)ccc2c1. The number of benzene rings is 3. The Hall–Kier alpha value is -5.92. The number of aromatic nitrogens is 2. The molecular formula is C42H51N7O7. The quantitative estimate of drug-likeness (QED) is 0.131. The van der Waals surface area contributed by atoms with Gasteiger partial charge in [-0.3, -0.25) is 14.4 Å². The number of imidazole rings is 1. The van der Waals surface area contributed by atoms with Gasteiger partial charge in [-0.2, -0.15) is 0 Å². The summed E-state index contributed by atoms with van der Waals surface area (Å²) in [4.78, 5) is 74.8. The summed E-state index contributed by atoms with van der Waals surface area (Å²) in [7, 11) is 2.58. The molecule has 2 aliphatic heterocycles. The zero-order chi connectivity index (χ0) is 39.9. The fourth-order valence-corrected chi connectivity index (χ4v) is 7.57. The molecule has 5 amide bonds. The number of nitrogens with one attached hydrogen (secondary N) is 4. The van der Waals surface area contributed by atoms with Crippen molar-refractivity contribution in [1.29, 1.82) is 0 Å². The van der Waals surface area contributed by atoms with Gasteiger partial charge in [0.05, 0.1) is 32.2 Å². The average Bonchev–Trinajstić information content (AvgIpc) is 4.00. The Labute approximate surface area is 326 Å². The zero-order valence-electron chi connectivity index (χ0n) is 32.6. The lowest BCUT2D eigenvalue weighted by molar-refractivity contribution is -0.137. The van der Waals surface area contributed by atoms with E-state index in [2.05, 4.69) is 54.9 Å². The van der Waals surface area contributed by atoms with Crippen molar-refractivity contribution in [2.45, 2.75) is 71.0 Å². The second kappa shape index (κ2) is 17.7. The molecule has 2 saturated heterocycles. The third kappa shape index (κ3) is 9.12. The number of aromatic amines is 1. The molecule has 0 radical (unpaired) electrons. The number of hydrogen-bond donors (Lipinski definition) is 4. The second-order valence-corrected chi connectivity index (χ2v) is 15.0. The van der Waals surface area contributed by atoms with Gasteiger partial charge in [0.15, 0.2) is 0 Å². The second-order valence-electron chi connectivity index (χ2n) is 15.0. The summed E-state index contributed by atoms with van der Waals surface area (Å²) in [6.45, 7) is 7.09. The summed E-state index contributed by atoms with van der Waals surface area (Å²) < 4.78 is 9.35. The van der Waals surface area contributed by atoms with Crippen LogP contribution < -0.4 is 16.0 Å². The van der Waals surface area contributed by atoms with Gasteiger partial charge < -0.3 is 40.2 Å². The first-order valence-corrected chi connectivity index (χ1v) is 19.2. The van der Waals surface area contributed by atoms with Crippen LogP contribution in [0.3, 0.4) is 0 Å². The molecule has 0 saturated carbocycles. The molecule has 1 unspecified atom stereocenters. The van der Waals surface area contributed by atoms with Crippen molar-refractivity contribution in [3.8, 4) is 22.4 Å². The maximum atomic E-state index is 13.5. The lowest BCUT2D eigenvalue weighted by Crippen LogP contribution is -2.51. The standard InChI is InChI=1S/C42H51N7O7/c1-25(2)37(47-42(54)56-5)40(52)49-19-6-8-34(49)38-43-24-33(46-38)28-12-10-27(11-13-28)29-14-15-31-22-32(17-16-30(31)21-29)45-39(51)35-9-7-18-48(35)36(50)20-26(3)23-44-41(53)55-4/h10-17,21-22,24-26,34-35,37H,6-9,18-20,23H2,1-5H3,(H,43,46)(H,44,53)(H,45,51)(H,47,54)/t26-,34?,35-,37-/m0/s1. The molecule has 0 bridgehead atoms. The number of amides is 5. The number of ether oxygens (including phenoxy) is 2. The van der Waals surface area contributed by atoms with E-state index in [1.54, 1.807) is 16.0 Å². The number of hydrogen-bond acceptors (Lipinski definition) is 8. The Bertz CT molecular complexity index is 2060. The zero-order valence-corrected chi connectivity index (χ0v) is 32.6. The van der Waals surface area contributed by atoms with Crippen LogP contribution in [0, 0.1) is 11.8 Å². The van der Waals surface area contributed by atoms with Gasteiger partial charge in [0.1, 0.15) is 17.9 Å². The van der Waals surface area contributed by atoms with Gasteiger partial charge in [-0.05, 0) is 83.2 Å². The molecule has 0 aliphatic carbocycles. The predicted molar refractivity (Wildman–Crippen MR) is 212 cm³/mol. The van der Waals surface area contributed by atoms with Gasteiger partial charge in [-0.1, -0.05) is 63.2 Å². The molecule has 296 valence electrons. The summed E-state index contributed by atoms with van der Waals surface area (Å²) in [6, 6.07) is 18.8. The number of H-pyrrole nitrogens is 1. The number of likely N-dealkylation sites (tertiary alicyclic amines) is 2. The van der Waals surface area contributed by atoms with Gasteiger partial charge >= 0.3 is 12.2 Å². The van der Waals surface area contributed by atoms with Crippen LogP contribution >= 0.6 is 0 Å². The molecule has 2 aliphatic rings. The van der Waals surface area contributed by atoms with Crippen molar-refractivity contribution in [3.63, 3.8) is 0 Å². The third-order valence-electron chi connectivity index (χ3n) is 10.7. The van der Waals surface area contributed by atoms with Crippen LogP contribution in [0.5, 0.6) is 0 Å². The molecule has 3 aromatic carbocycles. The summed E-state index contributed by atoms with van der Waals surface area (Å²) in [5.41, 5.74) is 4.56. The lowest BCUT2D eigenvalue weighted by Gasteiger charge is -2.30. The van der Waals surface area contributed by atoms with Crippen LogP contribution in [0.1, 0.15) is 64.7 Å². The van der Waals surface area contributed by atoms with Crippen LogP contribution in [-0.2, 0) is 23.9 Å². The number of nitrogens with zero attached hydrogens (tertiary/aromatic N) is 3. The molecule has 3 heterocycles. The summed E-state index contributed by atoms with van der Waals surface area (Å²) in [6.07, 6.45) is 3.81. The Balaban J connectivity index is 1.08. The van der Waals surface area contributed by atoms with E-state index in [-0.39, 0.29) is 42.0 Å². The molecule has 2 fully saturated rings. The molecule has 14 heteroatoms. The van der Waals surface area contributed by atoms with E-state index in [0.717, 1.165) is 52.4 Å². The Morgan fingerprint density at radius 3 is 2.21 bits per heavy atom. The van der Waals surface area contributed by atoms with E-state index >= 15 is 0 Å². The molecule has 56 heavy (non-hydrogen) atoms. The molecular weight excluding hydrogens is 715 g/mol. The van der Waals surface area contributed by atoms with Gasteiger partial charge in [-0.25, -0.2) is 14.6 Å². The fraction of sp³-hybridized carbons (Fsp3) is 0.429. The van der Waals surface area contributed by atoms with Gasteiger partial charge in [0, 0.05) is 31.7 Å². The molecule has 14 nitrogen and oxygen atoms in total. The van der Waals surface area contributed by atoms with Crippen molar-refractivity contribution in [2.24, 2.45) is 11.8 Å². The number of alkyl carbamates (subject to hydrolysis) is 2. The van der Waals surface area contributed by atoms with Gasteiger partial charge in [-0.15, -0.1) is 0 Å². The average molecular weight is 766 g/mol. The van der Waals surface area contributed by atoms with Crippen molar-refractivity contribution in [2.75, 3.05) is 39.2 Å². The van der Waals surface area contributed by atoms with Gasteiger partial charge in [0.2, 0.25) is 17.7 Å². The smallest absolute Gasteiger partial charge is 0.407 e. The van der Waals surface area contributed by atoms with Crippen LogP contribution in [-0.4, -0.2) is 95.6 Å². The Morgan fingerprint density at radius 1 is 0.821 bits per heavy atom. The molecule has 0 spiro atoms. The fourth-order valence-electron chi connectivity index (χ4n) is 7.57. The van der Waals surface area contributed by atoms with E-state index in [1.807, 2.05) is 57.2 Å². The minimum Gasteiger partial charge on any atom is -0.453 e. The van der Waals surface area contributed by atoms with E-state index in [4.69, 9.17) is 4.74 Å². The van der Waals surface area contributed by atoms with Crippen LogP contribution in [0.4, 0.5) is 15.3 Å². The number of rotatable bonds is 12. The molecule has 4 atom stereocenters. The number of fused-ring (bicyclic) bond motifs is 1. The van der Waals surface area contributed by atoms with E-state index in [0.29, 0.717) is 37.6 Å². The third-order valence-corrected chi connectivity index (χ3v) is 10.7. The van der Waals surface area contributed by atoms with Crippen LogP contribution in [0.25, 0.3) is 33.2 Å². The van der Waals surface area contributed by atoms with Crippen LogP contribution in [0.2, 0.25) is 0 Å². The Kier molecular flexibility index (Phi) is 12.6. The van der Waals surface area contributed by atoms with E-state index in [9.17, 15) is 24.0 Å². The highest BCUT2D eigenvalue weighted by molar-refractivity contribution is 6.00. The first-order valence-electron chi connectivity index (χ1n) is 19.2. The first-order chi connectivity index (χ1) is 26.9. The number of carbonyl (C=O) groups is 5. The van der Waals surface area contributed by atoms with Crippen molar-refractivity contribution >= 4 is 46.4 Å². The van der Waals surface area contributed by atoms with Crippen molar-refractivity contribution in [1.82, 2.24) is 30.4 Å². The number of methoxy groups -OCH3 is 2. The largest absolute Gasteiger partial charge is 0.453 e. The predicted octanol–water partition coefficient (Wildman–Crippen LogP) is 6.25. The molecule has 4 N–H and O–H groups in total. The monoisotopic (exact) mass is 765 g/mol. The molecule has 1 aromatic heterocycles. The molecule has 6 rings (SSSR count). The van der Waals surface area contributed by atoms with Crippen molar-refractivity contribution in [3.05, 3.63) is 72.7 Å². The molecule has 4 aromatic rings. The number of carbonyl (C=O) groups excluding carboxylic acids is 5. The van der Waals surface area contributed by atoms with E-state index in [1.165, 1.54) is 14.2 Å². The minimum atomic E-state index is -0.694. The summed E-state index contributed by atoms with van der Waals surface area (Å²) in [5.74, 6) is 0.0394. The summed E-state index contributed by atoms with van der Waals surface area (Å²) in [5, 5.41) is 10.3. The van der Waals surface area contributed by atoms with Crippen molar-refractivity contribution < 1.29 is 33.4 Å². The first kappa shape index (κ1) is 39.8. The highest BCUT2D eigenvalue weighted by atomic mass is 16.5. The lowest BCUT2D eigenvalue weighted by atomic mass is 9.99. The topological polar surface area (TPSA) is 175 Å². The van der Waals surface area contributed by atoms with Crippen LogP contribution in [0.15, 0.2) is 66.9 Å². The maximum absolute atomic E-state index is 13.5. The highest BCUT2D eigenvalue weighted by Crippen LogP contribution is 2.34.